The van der Waals surface area contributed by atoms with Gasteiger partial charge in [0.2, 0.25) is 10.0 Å². The van der Waals surface area contributed by atoms with Crippen molar-refractivity contribution in [3.63, 3.8) is 0 Å². The Bertz CT molecular complexity index is 1110. The average molecular weight is 424 g/mol. The molecule has 0 saturated carbocycles. The Labute approximate surface area is 169 Å². The van der Waals surface area contributed by atoms with Crippen molar-refractivity contribution in [2.24, 2.45) is 5.14 Å². The van der Waals surface area contributed by atoms with E-state index in [2.05, 4.69) is 9.97 Å². The predicted octanol–water partition coefficient (Wildman–Crippen LogP) is 1.84. The lowest BCUT2D eigenvalue weighted by Crippen LogP contribution is -2.32. The van der Waals surface area contributed by atoms with Crippen molar-refractivity contribution < 1.29 is 8.42 Å². The third kappa shape index (κ3) is 4.49. The van der Waals surface area contributed by atoms with E-state index in [9.17, 15) is 13.2 Å². The molecule has 3 rings (SSSR count). The number of sulfonamides is 1. The minimum Gasteiger partial charge on any atom is -0.278 e. The normalized spacial score (nSPS) is 11.9. The molecule has 3 heterocycles. The zero-order valence-electron chi connectivity index (χ0n) is 15.7. The third-order valence-corrected chi connectivity index (χ3v) is 4.93. The fourth-order valence-electron chi connectivity index (χ4n) is 2.71. The first kappa shape index (κ1) is 21.8. The molecule has 0 radical (unpaired) electrons. The van der Waals surface area contributed by atoms with Gasteiger partial charge in [0.25, 0.3) is 5.56 Å². The number of primary sulfonamides is 1. The summed E-state index contributed by atoms with van der Waals surface area (Å²) in [5.41, 5.74) is 0.900. The topological polar surface area (TPSA) is 113 Å². The number of pyridine rings is 2. The van der Waals surface area contributed by atoms with E-state index in [4.69, 9.17) is 5.14 Å². The SMILES string of the molecule is CC(C)(C)n1cc(Cc2cccnc2)c(=O)n1-c1ccc(S(N)(=O)=O)cn1.Cl. The monoisotopic (exact) mass is 423 g/mol. The number of halogens is 1. The van der Waals surface area contributed by atoms with E-state index in [-0.39, 0.29) is 22.9 Å². The Morgan fingerprint density at radius 1 is 1.14 bits per heavy atom. The smallest absolute Gasteiger partial charge is 0.276 e. The minimum absolute atomic E-state index is 0. The van der Waals surface area contributed by atoms with E-state index in [1.807, 2.05) is 32.9 Å². The van der Waals surface area contributed by atoms with Crippen molar-refractivity contribution in [2.75, 3.05) is 0 Å². The summed E-state index contributed by atoms with van der Waals surface area (Å²) >= 11 is 0. The van der Waals surface area contributed by atoms with Crippen molar-refractivity contribution in [3.8, 4) is 5.82 Å². The molecule has 3 aromatic heterocycles. The van der Waals surface area contributed by atoms with Crippen LogP contribution in [0.1, 0.15) is 31.9 Å². The molecule has 0 aliphatic rings. The molecule has 2 N–H and O–H groups in total. The first-order valence-electron chi connectivity index (χ1n) is 8.29. The van der Waals surface area contributed by atoms with Gasteiger partial charge in [-0.05, 0) is 44.5 Å². The molecule has 3 aromatic rings. The summed E-state index contributed by atoms with van der Waals surface area (Å²) in [4.78, 5) is 21.2. The van der Waals surface area contributed by atoms with E-state index in [1.165, 1.54) is 16.8 Å². The van der Waals surface area contributed by atoms with Crippen LogP contribution in [-0.4, -0.2) is 27.7 Å². The second-order valence-electron chi connectivity index (χ2n) is 7.22. The maximum absolute atomic E-state index is 13.1. The van der Waals surface area contributed by atoms with E-state index < -0.39 is 15.6 Å². The van der Waals surface area contributed by atoms with Crippen LogP contribution in [0.3, 0.4) is 0 Å². The van der Waals surface area contributed by atoms with Crippen molar-refractivity contribution in [1.29, 1.82) is 0 Å². The molecule has 0 unspecified atom stereocenters. The molecule has 0 fully saturated rings. The van der Waals surface area contributed by atoms with Gasteiger partial charge in [0, 0.05) is 36.8 Å². The molecule has 0 spiro atoms. The molecule has 0 amide bonds. The quantitative estimate of drug-likeness (QED) is 0.687. The number of hydrogen-bond acceptors (Lipinski definition) is 5. The standard InChI is InChI=1S/C18H21N5O3S.ClH/c1-18(2,3)22-12-14(9-13-5-4-8-20-10-13)17(24)23(22)16-7-6-15(11-21-16)27(19,25)26;/h4-8,10-12H,9H2,1-3H3,(H2,19,25,26);1H. The lowest BCUT2D eigenvalue weighted by atomic mass is 10.1. The lowest BCUT2D eigenvalue weighted by molar-refractivity contribution is 0.324. The van der Waals surface area contributed by atoms with Crippen LogP contribution >= 0.6 is 12.4 Å². The highest BCUT2D eigenvalue weighted by Gasteiger charge is 2.22. The molecule has 10 heteroatoms. The van der Waals surface area contributed by atoms with Crippen LogP contribution in [0.25, 0.3) is 5.82 Å². The Morgan fingerprint density at radius 3 is 2.36 bits per heavy atom. The van der Waals surface area contributed by atoms with E-state index in [0.29, 0.717) is 17.8 Å². The van der Waals surface area contributed by atoms with Crippen LogP contribution in [-0.2, 0) is 22.0 Å². The molecule has 0 aliphatic carbocycles. The molecular weight excluding hydrogens is 402 g/mol. The van der Waals surface area contributed by atoms with Crippen molar-refractivity contribution in [1.82, 2.24) is 19.3 Å². The Balaban J connectivity index is 0.00000280. The van der Waals surface area contributed by atoms with E-state index >= 15 is 0 Å². The highest BCUT2D eigenvalue weighted by Crippen LogP contribution is 2.18. The van der Waals surface area contributed by atoms with Crippen LogP contribution in [0.2, 0.25) is 0 Å². The molecule has 8 nitrogen and oxygen atoms in total. The van der Waals surface area contributed by atoms with Gasteiger partial charge >= 0.3 is 0 Å². The van der Waals surface area contributed by atoms with Gasteiger partial charge in [-0.25, -0.2) is 18.5 Å². The number of aromatic nitrogens is 4. The first-order chi connectivity index (χ1) is 12.6. The van der Waals surface area contributed by atoms with Crippen LogP contribution in [0, 0.1) is 0 Å². The van der Waals surface area contributed by atoms with Crippen molar-refractivity contribution >= 4 is 22.4 Å². The number of hydrogen-bond donors (Lipinski definition) is 1. The number of rotatable bonds is 4. The van der Waals surface area contributed by atoms with Crippen LogP contribution in [0.4, 0.5) is 0 Å². The average Bonchev–Trinajstić information content (AvgIpc) is 2.92. The second-order valence-corrected chi connectivity index (χ2v) is 8.78. The summed E-state index contributed by atoms with van der Waals surface area (Å²) in [6.45, 7) is 5.90. The summed E-state index contributed by atoms with van der Waals surface area (Å²) in [5, 5.41) is 5.12. The first-order valence-corrected chi connectivity index (χ1v) is 9.84. The Hall–Kier alpha value is -2.49. The minimum atomic E-state index is -3.85. The Morgan fingerprint density at radius 2 is 1.86 bits per heavy atom. The van der Waals surface area contributed by atoms with Gasteiger partial charge < -0.3 is 0 Å². The van der Waals surface area contributed by atoms with Gasteiger partial charge in [0.05, 0.1) is 5.54 Å². The summed E-state index contributed by atoms with van der Waals surface area (Å²) in [7, 11) is -3.85. The molecule has 0 aromatic carbocycles. The van der Waals surface area contributed by atoms with E-state index in [0.717, 1.165) is 11.8 Å². The van der Waals surface area contributed by atoms with Crippen LogP contribution in [0.5, 0.6) is 0 Å². The van der Waals surface area contributed by atoms with Gasteiger partial charge in [-0.15, -0.1) is 12.4 Å². The summed E-state index contributed by atoms with van der Waals surface area (Å²) in [6.07, 6.45) is 6.78. The Kier molecular flexibility index (Phi) is 6.12. The van der Waals surface area contributed by atoms with Gasteiger partial charge in [0.15, 0.2) is 5.82 Å². The summed E-state index contributed by atoms with van der Waals surface area (Å²) in [5.74, 6) is 0.319. The van der Waals surface area contributed by atoms with Gasteiger partial charge in [-0.2, -0.15) is 4.68 Å². The summed E-state index contributed by atoms with van der Waals surface area (Å²) < 4.78 is 26.1. The van der Waals surface area contributed by atoms with Crippen molar-refractivity contribution in [2.45, 2.75) is 37.6 Å². The van der Waals surface area contributed by atoms with Crippen molar-refractivity contribution in [3.05, 3.63) is 70.5 Å². The van der Waals surface area contributed by atoms with Crippen LogP contribution < -0.4 is 10.7 Å². The highest BCUT2D eigenvalue weighted by molar-refractivity contribution is 7.89. The maximum atomic E-state index is 13.1. The zero-order valence-corrected chi connectivity index (χ0v) is 17.4. The van der Waals surface area contributed by atoms with Crippen LogP contribution in [0.15, 0.2) is 58.7 Å². The molecular formula is C18H22ClN5O3S. The summed E-state index contributed by atoms with van der Waals surface area (Å²) in [6, 6.07) is 6.54. The van der Waals surface area contributed by atoms with Gasteiger partial charge in [-0.1, -0.05) is 6.07 Å². The fraction of sp³-hybridized carbons (Fsp3) is 0.278. The third-order valence-electron chi connectivity index (χ3n) is 4.03. The largest absolute Gasteiger partial charge is 0.278 e. The maximum Gasteiger partial charge on any atom is 0.276 e. The zero-order chi connectivity index (χ0) is 19.8. The highest BCUT2D eigenvalue weighted by atomic mass is 35.5. The predicted molar refractivity (Wildman–Crippen MR) is 108 cm³/mol. The van der Waals surface area contributed by atoms with Gasteiger partial charge in [0.1, 0.15) is 4.90 Å². The molecule has 0 bridgehead atoms. The van der Waals surface area contributed by atoms with E-state index in [1.54, 1.807) is 23.3 Å². The molecule has 28 heavy (non-hydrogen) atoms. The molecule has 0 atom stereocenters. The molecule has 0 aliphatic heterocycles. The fourth-order valence-corrected chi connectivity index (χ4v) is 3.17. The van der Waals surface area contributed by atoms with Gasteiger partial charge in [-0.3, -0.25) is 14.5 Å². The lowest BCUT2D eigenvalue weighted by Gasteiger charge is -2.24. The second kappa shape index (κ2) is 7.86. The number of nitrogens with zero attached hydrogens (tertiary/aromatic N) is 4. The molecule has 0 saturated heterocycles. The number of nitrogens with two attached hydrogens (primary N) is 1. The molecule has 150 valence electrons.